The maximum absolute atomic E-state index is 5.50. The van der Waals surface area contributed by atoms with Crippen molar-refractivity contribution in [1.29, 1.82) is 0 Å². The summed E-state index contributed by atoms with van der Waals surface area (Å²) in [7, 11) is 0. The quantitative estimate of drug-likeness (QED) is 0.587. The number of hydrogen-bond acceptors (Lipinski definition) is 3. The summed E-state index contributed by atoms with van der Waals surface area (Å²) in [5, 5.41) is 0. The first-order chi connectivity index (χ1) is 6.35. The maximum Gasteiger partial charge on any atom is 0.107 e. The van der Waals surface area contributed by atoms with Gasteiger partial charge in [-0.15, -0.1) is 0 Å². The second-order valence-corrected chi connectivity index (χ2v) is 3.78. The number of hydrogen-bond donors (Lipinski definition) is 0. The fraction of sp³-hybridized carbons (Fsp3) is 1.00. The van der Waals surface area contributed by atoms with Gasteiger partial charge in [0.1, 0.15) is 12.2 Å². The van der Waals surface area contributed by atoms with Gasteiger partial charge in [-0.25, -0.2) is 0 Å². The highest BCUT2D eigenvalue weighted by Crippen LogP contribution is 2.27. The zero-order chi connectivity index (χ0) is 9.26. The van der Waals surface area contributed by atoms with Gasteiger partial charge in [-0.3, -0.25) is 0 Å². The lowest BCUT2D eigenvalue weighted by Crippen LogP contribution is -2.10. The highest BCUT2D eigenvalue weighted by atomic mass is 16.6. The highest BCUT2D eigenvalue weighted by molar-refractivity contribution is 4.85. The molecule has 3 heteroatoms. The van der Waals surface area contributed by atoms with Crippen LogP contribution in [0.2, 0.25) is 0 Å². The molecular weight excluding hydrogens is 168 g/mol. The Morgan fingerprint density at radius 2 is 1.31 bits per heavy atom. The van der Waals surface area contributed by atoms with Crippen LogP contribution < -0.4 is 0 Å². The van der Waals surface area contributed by atoms with Gasteiger partial charge in [0.2, 0.25) is 0 Å². The van der Waals surface area contributed by atoms with Crippen molar-refractivity contribution in [1.82, 2.24) is 0 Å². The molecule has 0 spiro atoms. The second kappa shape index (κ2) is 3.95. The van der Waals surface area contributed by atoms with E-state index in [0.717, 1.165) is 26.1 Å². The molecule has 0 N–H and O–H groups in total. The fourth-order valence-electron chi connectivity index (χ4n) is 1.67. The van der Waals surface area contributed by atoms with Gasteiger partial charge in [-0.1, -0.05) is 13.8 Å². The molecule has 2 aliphatic rings. The summed E-state index contributed by atoms with van der Waals surface area (Å²) in [5.41, 5.74) is 0. The molecule has 2 fully saturated rings. The summed E-state index contributed by atoms with van der Waals surface area (Å²) in [5.74, 6) is 0. The zero-order valence-electron chi connectivity index (χ0n) is 8.36. The smallest absolute Gasteiger partial charge is 0.107 e. The molecule has 76 valence electrons. The van der Waals surface area contributed by atoms with Crippen molar-refractivity contribution in [2.24, 2.45) is 0 Å². The summed E-state index contributed by atoms with van der Waals surface area (Å²) >= 11 is 0. The topological polar surface area (TPSA) is 34.3 Å². The predicted octanol–water partition coefficient (Wildman–Crippen LogP) is 1.36. The van der Waals surface area contributed by atoms with Crippen LogP contribution in [0.4, 0.5) is 0 Å². The molecule has 2 heterocycles. The lowest BCUT2D eigenvalue weighted by Gasteiger charge is -1.97. The Balaban J connectivity index is 1.47. The normalized spacial score (nSPS) is 42.0. The van der Waals surface area contributed by atoms with Crippen molar-refractivity contribution in [3.63, 3.8) is 0 Å². The first-order valence-corrected chi connectivity index (χ1v) is 5.23. The molecular formula is C10H18O3. The third-order valence-corrected chi connectivity index (χ3v) is 2.74. The van der Waals surface area contributed by atoms with Gasteiger partial charge in [-0.2, -0.15) is 0 Å². The van der Waals surface area contributed by atoms with Crippen molar-refractivity contribution in [3.05, 3.63) is 0 Å². The Morgan fingerprint density at radius 1 is 0.846 bits per heavy atom. The van der Waals surface area contributed by atoms with Crippen molar-refractivity contribution < 1.29 is 14.2 Å². The van der Waals surface area contributed by atoms with Gasteiger partial charge in [0.05, 0.1) is 25.4 Å². The predicted molar refractivity (Wildman–Crippen MR) is 48.7 cm³/mol. The van der Waals surface area contributed by atoms with Gasteiger partial charge >= 0.3 is 0 Å². The number of ether oxygens (including phenoxy) is 3. The highest BCUT2D eigenvalue weighted by Gasteiger charge is 2.40. The van der Waals surface area contributed by atoms with Crippen LogP contribution >= 0.6 is 0 Å². The fourth-order valence-corrected chi connectivity index (χ4v) is 1.67. The van der Waals surface area contributed by atoms with Gasteiger partial charge in [-0.05, 0) is 12.8 Å². The summed E-state index contributed by atoms with van der Waals surface area (Å²) < 4.78 is 16.2. The molecule has 4 unspecified atom stereocenters. The summed E-state index contributed by atoms with van der Waals surface area (Å²) in [6, 6.07) is 0. The van der Waals surface area contributed by atoms with Crippen molar-refractivity contribution >= 4 is 0 Å². The maximum atomic E-state index is 5.50. The third kappa shape index (κ3) is 2.42. The Hall–Kier alpha value is -0.120. The minimum atomic E-state index is 0.365. The van der Waals surface area contributed by atoms with E-state index >= 15 is 0 Å². The molecule has 3 nitrogen and oxygen atoms in total. The number of rotatable bonds is 6. The van der Waals surface area contributed by atoms with E-state index in [1.165, 1.54) is 0 Å². The molecule has 0 amide bonds. The Morgan fingerprint density at radius 3 is 1.62 bits per heavy atom. The lowest BCUT2D eigenvalue weighted by atomic mass is 10.2. The van der Waals surface area contributed by atoms with Crippen molar-refractivity contribution in [2.45, 2.75) is 51.1 Å². The molecule has 0 aromatic rings. The van der Waals surface area contributed by atoms with Crippen LogP contribution in [0.5, 0.6) is 0 Å². The molecule has 0 saturated carbocycles. The van der Waals surface area contributed by atoms with E-state index < -0.39 is 0 Å². The van der Waals surface area contributed by atoms with Gasteiger partial charge in [0.25, 0.3) is 0 Å². The van der Waals surface area contributed by atoms with Crippen LogP contribution in [0.1, 0.15) is 26.7 Å². The number of epoxide rings is 2. The summed E-state index contributed by atoms with van der Waals surface area (Å²) in [6.45, 7) is 5.77. The SMILES string of the molecule is CCC1OC1COCC1OC1CC. The van der Waals surface area contributed by atoms with Crippen molar-refractivity contribution in [2.75, 3.05) is 13.2 Å². The van der Waals surface area contributed by atoms with Crippen LogP contribution in [-0.4, -0.2) is 37.6 Å². The molecule has 13 heavy (non-hydrogen) atoms. The zero-order valence-corrected chi connectivity index (χ0v) is 8.36. The largest absolute Gasteiger partial charge is 0.376 e. The van der Waals surface area contributed by atoms with E-state index in [1.54, 1.807) is 0 Å². The van der Waals surface area contributed by atoms with E-state index in [1.807, 2.05) is 0 Å². The third-order valence-electron chi connectivity index (χ3n) is 2.74. The molecule has 0 aliphatic carbocycles. The first kappa shape index (κ1) is 9.44. The van der Waals surface area contributed by atoms with E-state index in [2.05, 4.69) is 13.8 Å². The molecule has 0 bridgehead atoms. The van der Waals surface area contributed by atoms with Crippen LogP contribution in [0.25, 0.3) is 0 Å². The van der Waals surface area contributed by atoms with Crippen molar-refractivity contribution in [3.8, 4) is 0 Å². The van der Waals surface area contributed by atoms with Crippen LogP contribution in [0, 0.1) is 0 Å². The minimum absolute atomic E-state index is 0.365. The molecule has 0 aromatic carbocycles. The minimum Gasteiger partial charge on any atom is -0.376 e. The first-order valence-electron chi connectivity index (χ1n) is 5.23. The van der Waals surface area contributed by atoms with E-state index in [9.17, 15) is 0 Å². The van der Waals surface area contributed by atoms with Gasteiger partial charge in [0.15, 0.2) is 0 Å². The van der Waals surface area contributed by atoms with Gasteiger partial charge < -0.3 is 14.2 Å². The molecule has 2 rings (SSSR count). The van der Waals surface area contributed by atoms with E-state index in [-0.39, 0.29) is 0 Å². The van der Waals surface area contributed by atoms with Gasteiger partial charge in [0, 0.05) is 0 Å². The summed E-state index contributed by atoms with van der Waals surface area (Å²) in [4.78, 5) is 0. The molecule has 4 atom stereocenters. The summed E-state index contributed by atoms with van der Waals surface area (Å²) in [6.07, 6.45) is 3.86. The Bertz CT molecular complexity index is 154. The van der Waals surface area contributed by atoms with E-state index in [0.29, 0.717) is 24.4 Å². The Kier molecular flexibility index (Phi) is 2.86. The van der Waals surface area contributed by atoms with E-state index in [4.69, 9.17) is 14.2 Å². The van der Waals surface area contributed by atoms with Crippen LogP contribution in [0.3, 0.4) is 0 Å². The molecule has 2 saturated heterocycles. The van der Waals surface area contributed by atoms with Crippen LogP contribution in [0.15, 0.2) is 0 Å². The monoisotopic (exact) mass is 186 g/mol. The molecule has 0 radical (unpaired) electrons. The molecule has 0 aromatic heterocycles. The lowest BCUT2D eigenvalue weighted by molar-refractivity contribution is 0.102. The standard InChI is InChI=1S/C10H18O3/c1-3-7-9(12-7)5-11-6-10-8(4-2)13-10/h7-10H,3-6H2,1-2H3. The Labute approximate surface area is 79.4 Å². The average molecular weight is 186 g/mol. The average Bonchev–Trinajstić information content (AvgIpc) is 2.99. The van der Waals surface area contributed by atoms with Crippen LogP contribution in [-0.2, 0) is 14.2 Å². The molecule has 2 aliphatic heterocycles. The second-order valence-electron chi connectivity index (χ2n) is 3.78.